The van der Waals surface area contributed by atoms with Gasteiger partial charge in [-0.2, -0.15) is 5.01 Å². The summed E-state index contributed by atoms with van der Waals surface area (Å²) in [5.74, 6) is 0.175. The van der Waals surface area contributed by atoms with E-state index in [1.807, 2.05) is 0 Å². The van der Waals surface area contributed by atoms with Crippen LogP contribution >= 0.6 is 0 Å². The topological polar surface area (TPSA) is 123 Å². The largest absolute Gasteiger partial charge is 0.493 e. The molecular formula is C25H20N4O6. The monoisotopic (exact) mass is 472 g/mol. The highest BCUT2D eigenvalue weighted by Crippen LogP contribution is 2.40. The van der Waals surface area contributed by atoms with Gasteiger partial charge in [0.15, 0.2) is 11.5 Å². The smallest absolute Gasteiger partial charge is 0.280 e. The molecule has 0 spiro atoms. The van der Waals surface area contributed by atoms with Gasteiger partial charge in [0.05, 0.1) is 43.5 Å². The number of hydrogen-bond donors (Lipinski definition) is 2. The summed E-state index contributed by atoms with van der Waals surface area (Å²) in [6, 6.07) is 14.8. The number of amides is 3. The van der Waals surface area contributed by atoms with Gasteiger partial charge in [-0.05, 0) is 42.5 Å². The average Bonchev–Trinajstić information content (AvgIpc) is 3.42. The fourth-order valence-electron chi connectivity index (χ4n) is 3.96. The Hall–Kier alpha value is -4.86. The molecule has 2 N–H and O–H groups in total. The number of hydrogen-bond acceptors (Lipinski definition) is 7. The van der Waals surface area contributed by atoms with Crippen molar-refractivity contribution in [3.63, 3.8) is 0 Å². The third-order valence-electron chi connectivity index (χ3n) is 5.69. The maximum Gasteiger partial charge on any atom is 0.280 e. The van der Waals surface area contributed by atoms with Gasteiger partial charge in [0, 0.05) is 11.1 Å². The van der Waals surface area contributed by atoms with E-state index in [2.05, 4.69) is 15.4 Å². The summed E-state index contributed by atoms with van der Waals surface area (Å²) in [5, 5.41) is 0.728. The molecule has 3 aromatic carbocycles. The van der Waals surface area contributed by atoms with Crippen molar-refractivity contribution in [1.29, 1.82) is 0 Å². The van der Waals surface area contributed by atoms with Crippen molar-refractivity contribution in [2.45, 2.75) is 0 Å². The minimum Gasteiger partial charge on any atom is -0.493 e. The third-order valence-corrected chi connectivity index (χ3v) is 5.69. The molecule has 0 saturated heterocycles. The van der Waals surface area contributed by atoms with Gasteiger partial charge in [-0.3, -0.25) is 19.8 Å². The molecule has 0 bridgehead atoms. The first kappa shape index (κ1) is 22.0. The Morgan fingerprint density at radius 1 is 0.886 bits per heavy atom. The molecule has 0 aliphatic carbocycles. The van der Waals surface area contributed by atoms with Gasteiger partial charge in [-0.15, -0.1) is 0 Å². The molecule has 0 atom stereocenters. The number of imidazole rings is 1. The first-order chi connectivity index (χ1) is 16.9. The number of nitrogens with one attached hydrogen (secondary N) is 2. The molecule has 1 aromatic heterocycles. The van der Waals surface area contributed by atoms with Gasteiger partial charge in [0.2, 0.25) is 5.75 Å². The lowest BCUT2D eigenvalue weighted by Crippen LogP contribution is -2.45. The second-order valence-corrected chi connectivity index (χ2v) is 7.66. The minimum atomic E-state index is -0.606. The first-order valence-electron chi connectivity index (χ1n) is 10.5. The fraction of sp³-hybridized carbons (Fsp3) is 0.120. The van der Waals surface area contributed by atoms with Crippen molar-refractivity contribution >= 4 is 28.8 Å². The molecule has 35 heavy (non-hydrogen) atoms. The van der Waals surface area contributed by atoms with Crippen molar-refractivity contribution in [2.24, 2.45) is 0 Å². The Kier molecular flexibility index (Phi) is 5.33. The van der Waals surface area contributed by atoms with Crippen molar-refractivity contribution in [3.05, 3.63) is 71.3 Å². The first-order valence-corrected chi connectivity index (χ1v) is 10.5. The Labute approximate surface area is 199 Å². The second kappa shape index (κ2) is 8.49. The number of fused-ring (bicyclic) bond motifs is 2. The van der Waals surface area contributed by atoms with E-state index in [9.17, 15) is 14.4 Å². The Bertz CT molecular complexity index is 1450. The number of nitrogens with zero attached hydrogens (tertiary/aromatic N) is 2. The number of imide groups is 1. The van der Waals surface area contributed by atoms with Crippen LogP contribution in [-0.4, -0.2) is 54.0 Å². The lowest BCUT2D eigenvalue weighted by Gasteiger charge is -2.14. The molecule has 0 radical (unpaired) electrons. The standard InChI is InChI=1S/C25H20N4O6/c1-33-19-11-14(12-20(34-2)21(19)35-3)22-26-17-9-8-13(10-18(17)27-22)23(30)28-29-24(31)15-6-4-5-7-16(15)25(29)32/h4-12H,1-3H3,(H,26,27)(H,28,30). The van der Waals surface area contributed by atoms with Crippen LogP contribution in [0, 0.1) is 0 Å². The number of ether oxygens (including phenoxy) is 3. The van der Waals surface area contributed by atoms with Crippen LogP contribution in [0.4, 0.5) is 0 Å². The van der Waals surface area contributed by atoms with Gasteiger partial charge < -0.3 is 19.2 Å². The predicted octanol–water partition coefficient (Wildman–Crippen LogP) is 3.20. The summed E-state index contributed by atoms with van der Waals surface area (Å²) in [6.45, 7) is 0. The molecule has 1 aliphatic heterocycles. The molecule has 176 valence electrons. The van der Waals surface area contributed by atoms with Crippen molar-refractivity contribution < 1.29 is 28.6 Å². The van der Waals surface area contributed by atoms with Crippen molar-refractivity contribution in [1.82, 2.24) is 20.4 Å². The van der Waals surface area contributed by atoms with Crippen LogP contribution in [0.25, 0.3) is 22.4 Å². The van der Waals surface area contributed by atoms with Crippen molar-refractivity contribution in [3.8, 4) is 28.6 Å². The number of carbonyl (C=O) groups excluding carboxylic acids is 3. The SMILES string of the molecule is COc1cc(-c2nc3ccc(C(=O)NN4C(=O)c5ccccc5C4=O)cc3[nH]2)cc(OC)c1OC. The second-order valence-electron chi connectivity index (χ2n) is 7.66. The number of hydrazine groups is 1. The van der Waals surface area contributed by atoms with Crippen molar-refractivity contribution in [2.75, 3.05) is 21.3 Å². The van der Waals surface area contributed by atoms with E-state index in [4.69, 9.17) is 14.2 Å². The average molecular weight is 472 g/mol. The van der Waals surface area contributed by atoms with E-state index >= 15 is 0 Å². The number of benzene rings is 3. The molecule has 2 heterocycles. The molecule has 0 unspecified atom stereocenters. The highest BCUT2D eigenvalue weighted by molar-refractivity contribution is 6.22. The number of aromatic amines is 1. The summed E-state index contributed by atoms with van der Waals surface area (Å²) in [6.07, 6.45) is 0. The molecule has 10 nitrogen and oxygen atoms in total. The van der Waals surface area contributed by atoms with Crippen LogP contribution in [0.5, 0.6) is 17.2 Å². The maximum absolute atomic E-state index is 12.9. The Balaban J connectivity index is 1.43. The number of carbonyl (C=O) groups is 3. The predicted molar refractivity (Wildman–Crippen MR) is 126 cm³/mol. The highest BCUT2D eigenvalue weighted by Gasteiger charge is 2.36. The van der Waals surface area contributed by atoms with Crippen LogP contribution in [0.3, 0.4) is 0 Å². The normalized spacial score (nSPS) is 12.6. The maximum atomic E-state index is 12.9. The lowest BCUT2D eigenvalue weighted by molar-refractivity contribution is 0.0518. The van der Waals surface area contributed by atoms with Gasteiger partial charge in [-0.1, -0.05) is 12.1 Å². The molecule has 10 heteroatoms. The van der Waals surface area contributed by atoms with E-state index in [-0.39, 0.29) is 16.7 Å². The van der Waals surface area contributed by atoms with Crippen LogP contribution < -0.4 is 19.6 Å². The quantitative estimate of drug-likeness (QED) is 0.413. The summed E-state index contributed by atoms with van der Waals surface area (Å²) >= 11 is 0. The third kappa shape index (κ3) is 3.61. The summed E-state index contributed by atoms with van der Waals surface area (Å²) in [7, 11) is 4.58. The van der Waals surface area contributed by atoms with Crippen LogP contribution in [-0.2, 0) is 0 Å². The number of methoxy groups -OCH3 is 3. The number of rotatable bonds is 6. The number of H-pyrrole nitrogens is 1. The summed E-state index contributed by atoms with van der Waals surface area (Å²) < 4.78 is 16.2. The summed E-state index contributed by atoms with van der Waals surface area (Å²) in [5.41, 5.74) is 5.03. The van der Waals surface area contributed by atoms with Gasteiger partial charge in [0.25, 0.3) is 17.7 Å². The zero-order chi connectivity index (χ0) is 24.7. The van der Waals surface area contributed by atoms with E-state index in [1.165, 1.54) is 21.3 Å². The Morgan fingerprint density at radius 3 is 2.09 bits per heavy atom. The van der Waals surface area contributed by atoms with E-state index in [1.54, 1.807) is 54.6 Å². The molecular weight excluding hydrogens is 452 g/mol. The Morgan fingerprint density at radius 2 is 1.51 bits per heavy atom. The molecule has 1 aliphatic rings. The fourth-order valence-corrected chi connectivity index (χ4v) is 3.96. The zero-order valence-electron chi connectivity index (χ0n) is 19.0. The number of aromatic nitrogens is 2. The minimum absolute atomic E-state index is 0.245. The molecule has 3 amide bonds. The summed E-state index contributed by atoms with van der Waals surface area (Å²) in [4.78, 5) is 45.7. The molecule has 5 rings (SSSR count). The molecule has 0 fully saturated rings. The van der Waals surface area contributed by atoms with Crippen LogP contribution in [0.2, 0.25) is 0 Å². The van der Waals surface area contributed by atoms with Gasteiger partial charge >= 0.3 is 0 Å². The van der Waals surface area contributed by atoms with Crippen LogP contribution in [0.1, 0.15) is 31.1 Å². The van der Waals surface area contributed by atoms with E-state index in [0.717, 1.165) is 5.01 Å². The van der Waals surface area contributed by atoms with E-state index in [0.29, 0.717) is 39.7 Å². The van der Waals surface area contributed by atoms with Gasteiger partial charge in [0.1, 0.15) is 5.82 Å². The van der Waals surface area contributed by atoms with Crippen LogP contribution in [0.15, 0.2) is 54.6 Å². The highest BCUT2D eigenvalue weighted by atomic mass is 16.5. The molecule has 0 saturated carbocycles. The molecule has 4 aromatic rings. The zero-order valence-corrected chi connectivity index (χ0v) is 19.0. The van der Waals surface area contributed by atoms with Gasteiger partial charge in [-0.25, -0.2) is 4.98 Å². The lowest BCUT2D eigenvalue weighted by atomic mass is 10.1. The van der Waals surface area contributed by atoms with E-state index < -0.39 is 17.7 Å².